The highest BCUT2D eigenvalue weighted by atomic mass is 19.1. The summed E-state index contributed by atoms with van der Waals surface area (Å²) in [4.78, 5) is 47.0. The van der Waals surface area contributed by atoms with Crippen LogP contribution in [0.25, 0.3) is 10.9 Å². The van der Waals surface area contributed by atoms with Crippen molar-refractivity contribution < 1.29 is 33.4 Å². The number of aromatic nitrogens is 2. The summed E-state index contributed by atoms with van der Waals surface area (Å²) in [5.74, 6) is -2.22. The van der Waals surface area contributed by atoms with Gasteiger partial charge in [0.25, 0.3) is 5.91 Å². The number of nitrogens with one attached hydrogen (secondary N) is 1. The number of nitrogens with zero attached hydrogens (tertiary/aromatic N) is 3. The van der Waals surface area contributed by atoms with Crippen molar-refractivity contribution in [3.05, 3.63) is 59.2 Å². The zero-order valence-corrected chi connectivity index (χ0v) is 20.5. The Balaban J connectivity index is 1.64. The molecule has 2 N–H and O–H groups in total. The van der Waals surface area contributed by atoms with Gasteiger partial charge in [0.05, 0.1) is 0 Å². The van der Waals surface area contributed by atoms with Gasteiger partial charge < -0.3 is 24.8 Å². The van der Waals surface area contributed by atoms with Crippen LogP contribution in [0.2, 0.25) is 0 Å². The van der Waals surface area contributed by atoms with Crippen molar-refractivity contribution in [2.75, 3.05) is 32.1 Å². The molecule has 3 heterocycles. The Bertz CT molecular complexity index is 1320. The number of methoxy groups -OCH3 is 1. The molecular weight excluding hydrogens is 483 g/mol. The first-order valence-corrected chi connectivity index (χ1v) is 11.8. The zero-order valence-electron chi connectivity index (χ0n) is 20.5. The van der Waals surface area contributed by atoms with Crippen molar-refractivity contribution in [2.24, 2.45) is 0 Å². The van der Waals surface area contributed by atoms with Crippen molar-refractivity contribution in [1.82, 2.24) is 14.9 Å². The molecule has 37 heavy (non-hydrogen) atoms. The number of hydrogen-bond acceptors (Lipinski definition) is 8. The van der Waals surface area contributed by atoms with E-state index < -0.39 is 23.7 Å². The summed E-state index contributed by atoms with van der Waals surface area (Å²) in [6.45, 7) is 2.16. The number of carbonyl (C=O) groups is 3. The van der Waals surface area contributed by atoms with Gasteiger partial charge in [-0.3, -0.25) is 14.6 Å². The van der Waals surface area contributed by atoms with E-state index in [1.807, 2.05) is 0 Å². The Hall–Kier alpha value is -4.12. The number of rotatable bonds is 7. The Labute approximate surface area is 212 Å². The molecule has 0 bridgehead atoms. The van der Waals surface area contributed by atoms with E-state index in [2.05, 4.69) is 15.3 Å². The van der Waals surface area contributed by atoms with Crippen molar-refractivity contribution in [2.45, 2.75) is 32.3 Å². The summed E-state index contributed by atoms with van der Waals surface area (Å²) in [6, 6.07) is 7.70. The fourth-order valence-electron chi connectivity index (χ4n) is 4.18. The van der Waals surface area contributed by atoms with Gasteiger partial charge in [0.2, 0.25) is 5.91 Å². The number of carbonyl (C=O) groups excluding carboxylic acids is 3. The average molecular weight is 511 g/mol. The Morgan fingerprint density at radius 2 is 1.86 bits per heavy atom. The van der Waals surface area contributed by atoms with E-state index in [0.29, 0.717) is 37.7 Å². The number of fused-ring (bicyclic) bond motifs is 1. The lowest BCUT2D eigenvalue weighted by atomic mass is 10.0. The second kappa shape index (κ2) is 11.3. The quantitative estimate of drug-likeness (QED) is 0.464. The van der Waals surface area contributed by atoms with Crippen molar-refractivity contribution in [3.8, 4) is 5.75 Å². The number of piperidine rings is 1. The lowest BCUT2D eigenvalue weighted by Gasteiger charge is -2.30. The fraction of sp³-hybridized carbons (Fsp3) is 0.346. The predicted molar refractivity (Wildman–Crippen MR) is 132 cm³/mol. The molecule has 0 saturated carbocycles. The number of ether oxygens (including phenoxy) is 2. The molecule has 11 heteroatoms. The second-order valence-corrected chi connectivity index (χ2v) is 8.79. The van der Waals surface area contributed by atoms with E-state index in [4.69, 9.17) is 9.47 Å². The van der Waals surface area contributed by atoms with E-state index in [0.717, 1.165) is 11.1 Å². The van der Waals surface area contributed by atoms with Crippen LogP contribution in [0.4, 0.5) is 10.2 Å². The minimum absolute atomic E-state index is 0.0154. The molecule has 0 aliphatic carbocycles. The van der Waals surface area contributed by atoms with Gasteiger partial charge in [0.1, 0.15) is 29.9 Å². The number of pyridine rings is 2. The van der Waals surface area contributed by atoms with E-state index in [1.165, 1.54) is 32.4 Å². The van der Waals surface area contributed by atoms with Gasteiger partial charge in [0, 0.05) is 51.5 Å². The van der Waals surface area contributed by atoms with Gasteiger partial charge in [-0.05, 0) is 35.7 Å². The number of likely N-dealkylation sites (tertiary alicyclic amines) is 1. The molecule has 0 unspecified atom stereocenters. The maximum atomic E-state index is 13.3. The van der Waals surface area contributed by atoms with Gasteiger partial charge in [-0.1, -0.05) is 12.1 Å². The summed E-state index contributed by atoms with van der Waals surface area (Å²) in [6.07, 6.45) is 2.42. The molecule has 3 aromatic rings. The summed E-state index contributed by atoms with van der Waals surface area (Å²) in [5.41, 5.74) is 1.23. The first-order valence-electron chi connectivity index (χ1n) is 11.8. The zero-order chi connectivity index (χ0) is 26.5. The number of aromatic hydroxyl groups is 1. The molecule has 0 radical (unpaired) electrons. The number of halogens is 1. The third-order valence-electron chi connectivity index (χ3n) is 6.08. The molecular formula is C26H27FN4O6. The van der Waals surface area contributed by atoms with Gasteiger partial charge in [0.15, 0.2) is 11.4 Å². The van der Waals surface area contributed by atoms with Crippen molar-refractivity contribution in [3.63, 3.8) is 0 Å². The largest absolute Gasteiger partial charge is 0.504 e. The van der Waals surface area contributed by atoms with Crippen LogP contribution < -0.4 is 5.32 Å². The molecule has 0 spiro atoms. The maximum Gasteiger partial charge on any atom is 0.361 e. The monoisotopic (exact) mass is 510 g/mol. The lowest BCUT2D eigenvalue weighted by molar-refractivity contribution is -0.130. The number of esters is 1. The summed E-state index contributed by atoms with van der Waals surface area (Å²) in [7, 11) is 1.37. The first-order chi connectivity index (χ1) is 17.7. The van der Waals surface area contributed by atoms with E-state index in [1.54, 1.807) is 23.1 Å². The standard InChI is InChI=1S/C26H27FN4O6/c1-15(32)31-9-7-19(8-10-31)37-26(35)23-24(34)22-20(25(30-23)29-21(33)14-36-2)12-17(13-28-22)11-16-3-5-18(27)6-4-16/h3-6,12-13,19,34H,7-11,14H2,1-2H3,(H,29,30,33). The van der Waals surface area contributed by atoms with Gasteiger partial charge in [-0.15, -0.1) is 0 Å². The SMILES string of the molecule is COCC(=O)Nc1nc(C(=O)OC2CCN(C(C)=O)CC2)c(O)c2ncc(Cc3ccc(F)cc3)cc12. The molecule has 1 saturated heterocycles. The highest BCUT2D eigenvalue weighted by molar-refractivity contribution is 6.05. The third kappa shape index (κ3) is 6.18. The number of benzene rings is 1. The Kier molecular flexibility index (Phi) is 7.92. The van der Waals surface area contributed by atoms with Gasteiger partial charge in [-0.2, -0.15) is 0 Å². The molecule has 0 atom stereocenters. The molecule has 194 valence electrons. The molecule has 4 rings (SSSR count). The van der Waals surface area contributed by atoms with Crippen LogP contribution in [0, 0.1) is 5.82 Å². The molecule has 1 aromatic carbocycles. The Morgan fingerprint density at radius 3 is 2.51 bits per heavy atom. The average Bonchev–Trinajstić information content (AvgIpc) is 2.87. The Morgan fingerprint density at radius 1 is 1.16 bits per heavy atom. The third-order valence-corrected chi connectivity index (χ3v) is 6.08. The van der Waals surface area contributed by atoms with Crippen LogP contribution in [0.5, 0.6) is 5.75 Å². The first kappa shape index (κ1) is 26.0. The van der Waals surface area contributed by atoms with Crippen LogP contribution in [0.15, 0.2) is 36.5 Å². The van der Waals surface area contributed by atoms with Crippen molar-refractivity contribution >= 4 is 34.5 Å². The van der Waals surface area contributed by atoms with Crippen LogP contribution in [0.1, 0.15) is 41.4 Å². The number of anilines is 1. The van der Waals surface area contributed by atoms with E-state index in [-0.39, 0.29) is 35.4 Å². The molecule has 2 amide bonds. The minimum Gasteiger partial charge on any atom is -0.504 e. The van der Waals surface area contributed by atoms with Crippen LogP contribution in [0.3, 0.4) is 0 Å². The molecule has 10 nitrogen and oxygen atoms in total. The highest BCUT2D eigenvalue weighted by Gasteiger charge is 2.28. The van der Waals surface area contributed by atoms with Crippen LogP contribution >= 0.6 is 0 Å². The van der Waals surface area contributed by atoms with Crippen LogP contribution in [-0.4, -0.2) is 70.7 Å². The number of amides is 2. The molecule has 1 fully saturated rings. The van der Waals surface area contributed by atoms with Crippen LogP contribution in [-0.2, 0) is 25.5 Å². The van der Waals surface area contributed by atoms with Gasteiger partial charge >= 0.3 is 5.97 Å². The highest BCUT2D eigenvalue weighted by Crippen LogP contribution is 2.33. The lowest BCUT2D eigenvalue weighted by Crippen LogP contribution is -2.40. The fourth-order valence-corrected chi connectivity index (χ4v) is 4.18. The summed E-state index contributed by atoms with van der Waals surface area (Å²) >= 11 is 0. The topological polar surface area (TPSA) is 131 Å². The molecule has 1 aliphatic heterocycles. The molecule has 2 aromatic heterocycles. The van der Waals surface area contributed by atoms with E-state index >= 15 is 0 Å². The predicted octanol–water partition coefficient (Wildman–Crippen LogP) is 2.82. The minimum atomic E-state index is -0.861. The second-order valence-electron chi connectivity index (χ2n) is 8.79. The van der Waals surface area contributed by atoms with Crippen molar-refractivity contribution in [1.29, 1.82) is 0 Å². The van der Waals surface area contributed by atoms with E-state index in [9.17, 15) is 23.9 Å². The van der Waals surface area contributed by atoms with Gasteiger partial charge in [-0.25, -0.2) is 14.2 Å². The smallest absolute Gasteiger partial charge is 0.361 e. The normalized spacial score (nSPS) is 14.0. The molecule has 1 aliphatic rings. The number of hydrogen-bond donors (Lipinski definition) is 2. The summed E-state index contributed by atoms with van der Waals surface area (Å²) in [5, 5.41) is 13.8. The summed E-state index contributed by atoms with van der Waals surface area (Å²) < 4.78 is 23.7. The maximum absolute atomic E-state index is 13.3.